The normalized spacial score (nSPS) is 18.0. The molecule has 238 valence electrons. The van der Waals surface area contributed by atoms with E-state index in [1.807, 2.05) is 13.0 Å². The van der Waals surface area contributed by atoms with Gasteiger partial charge in [-0.1, -0.05) is 26.5 Å². The summed E-state index contributed by atoms with van der Waals surface area (Å²) >= 11 is 0. The van der Waals surface area contributed by atoms with E-state index in [0.29, 0.717) is 6.42 Å². The second-order valence-corrected chi connectivity index (χ2v) is 12.4. The maximum Gasteiger partial charge on any atom is 0.312 e. The Hall–Kier alpha value is -4.46. The summed E-state index contributed by atoms with van der Waals surface area (Å²) in [4.78, 5) is 36.7. The number of fused-ring (bicyclic) bond motifs is 8. The molecule has 2 aliphatic rings. The number of carbonyl (C=O) groups excluding carboxylic acids is 2. The van der Waals surface area contributed by atoms with Crippen LogP contribution in [0.15, 0.2) is 18.0 Å². The molecule has 8 bridgehead atoms. The average molecular weight is 611 g/mol. The maximum atomic E-state index is 13.2. The van der Waals surface area contributed by atoms with Crippen molar-refractivity contribution in [3.63, 3.8) is 0 Å². The minimum Gasteiger partial charge on any atom is -0.469 e. The van der Waals surface area contributed by atoms with E-state index in [1.54, 1.807) is 0 Å². The summed E-state index contributed by atoms with van der Waals surface area (Å²) in [6, 6.07) is 0. The Labute approximate surface area is 265 Å². The standard InChI is InChI=1S/C37H46N4O4/c1-11-24-20(5)28-15-30-22(7)26(13-14-33(42)44-9)36(41-30)34(23(8)37(43)45-10)35-19(4)18(3)27(40-35)16-31-25(12-2)21(6)29(39-31)17-32(24)38-28/h11,15-17,22-23,26,38-41H,1,12-14H2,2-10H3. The molecule has 0 amide bonds. The summed E-state index contributed by atoms with van der Waals surface area (Å²) in [5.41, 5.74) is 13.4. The van der Waals surface area contributed by atoms with Crippen molar-refractivity contribution < 1.29 is 19.1 Å². The Morgan fingerprint density at radius 3 is 2.24 bits per heavy atom. The van der Waals surface area contributed by atoms with Gasteiger partial charge in [0.05, 0.1) is 20.1 Å². The molecule has 5 rings (SSSR count). The highest BCUT2D eigenvalue weighted by molar-refractivity contribution is 5.90. The minimum absolute atomic E-state index is 0.0322. The predicted molar refractivity (Wildman–Crippen MR) is 180 cm³/mol. The van der Waals surface area contributed by atoms with E-state index in [2.05, 4.69) is 86.6 Å². The number of rotatable bonds is 7. The minimum atomic E-state index is -0.570. The Kier molecular flexibility index (Phi) is 8.88. The zero-order valence-corrected chi connectivity index (χ0v) is 28.0. The van der Waals surface area contributed by atoms with Crippen molar-refractivity contribution in [1.29, 1.82) is 0 Å². The first-order chi connectivity index (χ1) is 21.4. The lowest BCUT2D eigenvalue weighted by Gasteiger charge is -2.22. The lowest BCUT2D eigenvalue weighted by molar-refractivity contribution is -0.143. The van der Waals surface area contributed by atoms with Gasteiger partial charge in [-0.3, -0.25) is 9.59 Å². The van der Waals surface area contributed by atoms with Gasteiger partial charge in [-0.15, -0.1) is 0 Å². The molecule has 45 heavy (non-hydrogen) atoms. The maximum absolute atomic E-state index is 13.2. The average Bonchev–Trinajstić information content (AvgIpc) is 3.69. The predicted octanol–water partition coefficient (Wildman–Crippen LogP) is 5.45. The van der Waals surface area contributed by atoms with Crippen LogP contribution in [0.1, 0.15) is 89.8 Å². The van der Waals surface area contributed by atoms with Crippen LogP contribution >= 0.6 is 0 Å². The first-order valence-corrected chi connectivity index (χ1v) is 15.8. The van der Waals surface area contributed by atoms with Crippen LogP contribution in [0.25, 0.3) is 29.9 Å². The van der Waals surface area contributed by atoms with Gasteiger partial charge in [-0.25, -0.2) is 0 Å². The molecule has 3 aromatic rings. The molecule has 3 aromatic heterocycles. The number of hydrogen-bond acceptors (Lipinski definition) is 5. The molecule has 1 fully saturated rings. The molecule has 0 radical (unpaired) electrons. The number of aromatic amines is 3. The summed E-state index contributed by atoms with van der Waals surface area (Å²) in [6.45, 7) is 18.8. The summed E-state index contributed by atoms with van der Waals surface area (Å²) < 4.78 is 10.3. The molecule has 1 saturated heterocycles. The molecule has 8 heteroatoms. The van der Waals surface area contributed by atoms with Gasteiger partial charge in [0.2, 0.25) is 0 Å². The molecule has 3 unspecified atom stereocenters. The molecule has 2 aliphatic heterocycles. The van der Waals surface area contributed by atoms with E-state index in [1.165, 1.54) is 25.3 Å². The zero-order chi connectivity index (χ0) is 32.7. The van der Waals surface area contributed by atoms with Crippen LogP contribution in [0.4, 0.5) is 0 Å². The summed E-state index contributed by atoms with van der Waals surface area (Å²) in [6.07, 6.45) is 10.1. The topological polar surface area (TPSA) is 112 Å². The first-order valence-electron chi connectivity index (χ1n) is 15.8. The Bertz CT molecular complexity index is 1880. The molecular weight excluding hydrogens is 564 g/mol. The van der Waals surface area contributed by atoms with Gasteiger partial charge >= 0.3 is 11.9 Å². The fourth-order valence-corrected chi connectivity index (χ4v) is 7.06. The molecule has 5 heterocycles. The summed E-state index contributed by atoms with van der Waals surface area (Å²) in [7, 11) is 2.84. The van der Waals surface area contributed by atoms with E-state index in [0.717, 1.165) is 79.1 Å². The number of H-pyrrole nitrogens is 3. The number of ether oxygens (including phenoxy) is 2. The number of allylic oxidation sites excluding steroid dienone is 2. The van der Waals surface area contributed by atoms with E-state index in [4.69, 9.17) is 9.47 Å². The highest BCUT2D eigenvalue weighted by Gasteiger charge is 2.38. The third-order valence-electron chi connectivity index (χ3n) is 10.0. The van der Waals surface area contributed by atoms with E-state index < -0.39 is 5.92 Å². The van der Waals surface area contributed by atoms with E-state index in [-0.39, 0.29) is 30.2 Å². The third kappa shape index (κ3) is 5.51. The highest BCUT2D eigenvalue weighted by Crippen LogP contribution is 2.44. The van der Waals surface area contributed by atoms with Gasteiger partial charge in [0.1, 0.15) is 0 Å². The van der Waals surface area contributed by atoms with Crippen molar-refractivity contribution in [1.82, 2.24) is 20.3 Å². The van der Waals surface area contributed by atoms with E-state index in [9.17, 15) is 9.59 Å². The number of carbonyl (C=O) groups is 2. The molecular formula is C37H46N4O4. The first kappa shape index (κ1) is 31.9. The smallest absolute Gasteiger partial charge is 0.312 e. The Morgan fingerprint density at radius 2 is 1.60 bits per heavy atom. The van der Waals surface area contributed by atoms with Gasteiger partial charge in [-0.05, 0) is 93.5 Å². The van der Waals surface area contributed by atoms with Gasteiger partial charge in [-0.2, -0.15) is 0 Å². The summed E-state index contributed by atoms with van der Waals surface area (Å²) in [5, 5.41) is 5.85. The fraction of sp³-hybridized carbons (Fsp3) is 0.405. The van der Waals surface area contributed by atoms with Crippen LogP contribution < -0.4 is 16.0 Å². The Balaban J connectivity index is 1.91. The van der Waals surface area contributed by atoms with Crippen molar-refractivity contribution in [2.75, 3.05) is 14.2 Å². The van der Waals surface area contributed by atoms with E-state index >= 15 is 0 Å². The quantitative estimate of drug-likeness (QED) is 0.266. The number of nitrogens with one attached hydrogen (secondary N) is 4. The second-order valence-electron chi connectivity index (χ2n) is 12.4. The van der Waals surface area contributed by atoms with Crippen molar-refractivity contribution >= 4 is 41.8 Å². The molecule has 8 nitrogen and oxygen atoms in total. The molecule has 4 N–H and O–H groups in total. The second kappa shape index (κ2) is 12.5. The van der Waals surface area contributed by atoms with Crippen LogP contribution in [0, 0.1) is 45.4 Å². The Morgan fingerprint density at radius 1 is 0.911 bits per heavy atom. The number of methoxy groups -OCH3 is 2. The largest absolute Gasteiger partial charge is 0.469 e. The molecule has 3 atom stereocenters. The van der Waals surface area contributed by atoms with Gasteiger partial charge < -0.3 is 29.7 Å². The zero-order valence-electron chi connectivity index (χ0n) is 28.0. The van der Waals surface area contributed by atoms with Crippen LogP contribution in [0.2, 0.25) is 0 Å². The van der Waals surface area contributed by atoms with Crippen LogP contribution in [0.3, 0.4) is 0 Å². The summed E-state index contributed by atoms with van der Waals surface area (Å²) in [5.74, 6) is -1.18. The van der Waals surface area contributed by atoms with Gasteiger partial charge in [0.15, 0.2) is 0 Å². The van der Waals surface area contributed by atoms with Crippen LogP contribution in [-0.2, 0) is 25.5 Å². The van der Waals surface area contributed by atoms with Crippen LogP contribution in [-0.4, -0.2) is 41.1 Å². The number of hydrogen-bond donors (Lipinski definition) is 4. The number of esters is 2. The molecule has 0 aromatic carbocycles. The lowest BCUT2D eigenvalue weighted by Crippen LogP contribution is -2.21. The number of aromatic nitrogens is 3. The van der Waals surface area contributed by atoms with Crippen molar-refractivity contribution in [3.05, 3.63) is 84.8 Å². The molecule has 0 spiro atoms. The third-order valence-corrected chi connectivity index (χ3v) is 10.0. The molecule has 0 saturated carbocycles. The lowest BCUT2D eigenvalue weighted by atomic mass is 9.83. The van der Waals surface area contributed by atoms with Crippen LogP contribution in [0.5, 0.6) is 0 Å². The highest BCUT2D eigenvalue weighted by atomic mass is 16.5. The SMILES string of the molecule is C=Cc1c2[nH]c(c1C)C=C1NC(=C(C(C)C(=O)OC)c3[nH]c(c(C)c3C)C=c3[nH]c(c(C)c3CC)=C2)C(CCC(=O)OC)C1C. The van der Waals surface area contributed by atoms with Gasteiger partial charge in [0.25, 0.3) is 0 Å². The molecule has 0 aliphatic carbocycles. The van der Waals surface area contributed by atoms with Crippen molar-refractivity contribution in [2.45, 2.75) is 67.7 Å². The van der Waals surface area contributed by atoms with Crippen molar-refractivity contribution in [3.8, 4) is 0 Å². The van der Waals surface area contributed by atoms with Gasteiger partial charge in [0, 0.05) is 74.3 Å². The van der Waals surface area contributed by atoms with Crippen molar-refractivity contribution in [2.24, 2.45) is 17.8 Å². The monoisotopic (exact) mass is 610 g/mol. The fourth-order valence-electron chi connectivity index (χ4n) is 7.06.